The highest BCUT2D eigenvalue weighted by Gasteiger charge is 2.38. The lowest BCUT2D eigenvalue weighted by molar-refractivity contribution is -0.131. The Bertz CT molecular complexity index is 1160. The molecule has 1 aromatic heterocycles. The molecule has 0 N–H and O–H groups in total. The van der Waals surface area contributed by atoms with Crippen LogP contribution in [0, 0.1) is 6.92 Å². The van der Waals surface area contributed by atoms with Gasteiger partial charge in [0.1, 0.15) is 17.4 Å². The summed E-state index contributed by atoms with van der Waals surface area (Å²) in [7, 11) is 0. The molecule has 0 spiro atoms. The van der Waals surface area contributed by atoms with Crippen LogP contribution in [0.5, 0.6) is 5.75 Å². The second kappa shape index (κ2) is 10.5. The minimum absolute atomic E-state index is 0.0824. The van der Waals surface area contributed by atoms with Crippen molar-refractivity contribution in [3.8, 4) is 16.3 Å². The number of aromatic nitrogens is 1. The van der Waals surface area contributed by atoms with Crippen LogP contribution in [0.2, 0.25) is 0 Å². The summed E-state index contributed by atoms with van der Waals surface area (Å²) in [6.45, 7) is 4.14. The van der Waals surface area contributed by atoms with Crippen molar-refractivity contribution in [3.63, 3.8) is 0 Å². The fourth-order valence-electron chi connectivity index (χ4n) is 4.61. The topological polar surface area (TPSA) is 72.0 Å². The van der Waals surface area contributed by atoms with Gasteiger partial charge in [-0.2, -0.15) is 0 Å². The van der Waals surface area contributed by atoms with Crippen molar-refractivity contribution >= 4 is 23.3 Å². The number of aryl methyl sites for hydroxylation is 1. The summed E-state index contributed by atoms with van der Waals surface area (Å²) in [4.78, 5) is 35.0. The van der Waals surface area contributed by atoms with Gasteiger partial charge in [0.05, 0.1) is 18.7 Å². The smallest absolute Gasteiger partial charge is 0.410 e. The van der Waals surface area contributed by atoms with E-state index < -0.39 is 0 Å². The third-order valence-corrected chi connectivity index (χ3v) is 7.63. The van der Waals surface area contributed by atoms with E-state index >= 15 is 0 Å². The maximum atomic E-state index is 13.0. The third-order valence-electron chi connectivity index (χ3n) is 6.57. The van der Waals surface area contributed by atoms with Crippen LogP contribution in [0.25, 0.3) is 10.6 Å². The van der Waals surface area contributed by atoms with Crippen molar-refractivity contribution in [2.24, 2.45) is 0 Å². The average molecular weight is 492 g/mol. The maximum absolute atomic E-state index is 13.0. The molecule has 2 aromatic carbocycles. The second-order valence-electron chi connectivity index (χ2n) is 8.96. The lowest BCUT2D eigenvalue weighted by Gasteiger charge is -2.35. The molecule has 0 saturated carbocycles. The molecule has 1 unspecified atom stereocenters. The lowest BCUT2D eigenvalue weighted by atomic mass is 10.0. The standard InChI is InChI=1S/C27H29N3O4S/c1-19-24(28-26(35-19)20-8-4-2-5-9-20)16-25(31)29-14-12-21(13-15-29)30-17-23(34-27(30)32)18-33-22-10-6-3-7-11-22/h2-11,21,23H,12-18H2,1H3. The highest BCUT2D eigenvalue weighted by atomic mass is 32.1. The molecule has 2 aliphatic rings. The monoisotopic (exact) mass is 491 g/mol. The molecule has 2 fully saturated rings. The number of cyclic esters (lactones) is 1. The van der Waals surface area contributed by atoms with Crippen molar-refractivity contribution in [1.82, 2.24) is 14.8 Å². The second-order valence-corrected chi connectivity index (χ2v) is 10.2. The average Bonchev–Trinajstić information content (AvgIpc) is 3.46. The first-order chi connectivity index (χ1) is 17.1. The van der Waals surface area contributed by atoms with Crippen LogP contribution in [-0.4, -0.2) is 65.2 Å². The number of para-hydroxylation sites is 1. The number of likely N-dealkylation sites (tertiary alicyclic amines) is 1. The Labute approximate surface area is 209 Å². The molecular weight excluding hydrogens is 462 g/mol. The first-order valence-electron chi connectivity index (χ1n) is 12.0. The molecule has 7 nitrogen and oxygen atoms in total. The fourth-order valence-corrected chi connectivity index (χ4v) is 5.55. The zero-order valence-electron chi connectivity index (χ0n) is 19.8. The van der Waals surface area contributed by atoms with Gasteiger partial charge in [-0.25, -0.2) is 9.78 Å². The molecular formula is C27H29N3O4S. The molecule has 182 valence electrons. The van der Waals surface area contributed by atoms with E-state index in [1.54, 1.807) is 16.2 Å². The van der Waals surface area contributed by atoms with E-state index in [4.69, 9.17) is 14.5 Å². The van der Waals surface area contributed by atoms with Crippen LogP contribution >= 0.6 is 11.3 Å². The van der Waals surface area contributed by atoms with Gasteiger partial charge in [0, 0.05) is 29.6 Å². The fraction of sp³-hybridized carbons (Fsp3) is 0.370. The lowest BCUT2D eigenvalue weighted by Crippen LogP contribution is -2.47. The number of hydrogen-bond donors (Lipinski definition) is 0. The Morgan fingerprint density at radius 3 is 2.49 bits per heavy atom. The summed E-state index contributed by atoms with van der Waals surface area (Å²) >= 11 is 1.63. The number of carbonyl (C=O) groups excluding carboxylic acids is 2. The third kappa shape index (κ3) is 5.48. The molecule has 3 aromatic rings. The van der Waals surface area contributed by atoms with Gasteiger partial charge in [-0.1, -0.05) is 48.5 Å². The van der Waals surface area contributed by atoms with Crippen LogP contribution in [-0.2, 0) is 16.0 Å². The zero-order chi connectivity index (χ0) is 24.2. The van der Waals surface area contributed by atoms with Crippen LogP contribution < -0.4 is 4.74 Å². The summed E-state index contributed by atoms with van der Waals surface area (Å²) in [6.07, 6.45) is 1.23. The summed E-state index contributed by atoms with van der Waals surface area (Å²) < 4.78 is 11.3. The van der Waals surface area contributed by atoms with Crippen LogP contribution in [0.4, 0.5) is 4.79 Å². The highest BCUT2D eigenvalue weighted by Crippen LogP contribution is 2.29. The Hall–Kier alpha value is -3.39. The molecule has 2 aliphatic heterocycles. The molecule has 35 heavy (non-hydrogen) atoms. The maximum Gasteiger partial charge on any atom is 0.410 e. The molecule has 0 radical (unpaired) electrons. The number of piperidine rings is 1. The van der Waals surface area contributed by atoms with Gasteiger partial charge in [0.15, 0.2) is 6.10 Å². The predicted molar refractivity (Wildman–Crippen MR) is 135 cm³/mol. The van der Waals surface area contributed by atoms with Crippen LogP contribution in [0.1, 0.15) is 23.4 Å². The predicted octanol–water partition coefficient (Wildman–Crippen LogP) is 4.55. The van der Waals surface area contributed by atoms with Crippen LogP contribution in [0.15, 0.2) is 60.7 Å². The molecule has 8 heteroatoms. The SMILES string of the molecule is Cc1sc(-c2ccccc2)nc1CC(=O)N1CCC(N2CC(COc3ccccc3)OC2=O)CC1. The van der Waals surface area contributed by atoms with E-state index in [2.05, 4.69) is 0 Å². The van der Waals surface area contributed by atoms with E-state index in [9.17, 15) is 9.59 Å². The van der Waals surface area contributed by atoms with Crippen molar-refractivity contribution in [1.29, 1.82) is 0 Å². The first kappa shape index (κ1) is 23.4. The number of ether oxygens (including phenoxy) is 2. The minimum atomic E-state index is -0.289. The quantitative estimate of drug-likeness (QED) is 0.485. The number of carbonyl (C=O) groups is 2. The van der Waals surface area contributed by atoms with Crippen molar-refractivity contribution in [2.75, 3.05) is 26.2 Å². The minimum Gasteiger partial charge on any atom is -0.490 e. The first-order valence-corrected chi connectivity index (χ1v) is 12.8. The largest absolute Gasteiger partial charge is 0.490 e. The van der Waals surface area contributed by atoms with Crippen molar-refractivity contribution in [2.45, 2.75) is 38.3 Å². The molecule has 0 bridgehead atoms. The molecule has 5 rings (SSSR count). The summed E-state index contributed by atoms with van der Waals surface area (Å²) in [6, 6.07) is 19.7. The number of rotatable bonds is 7. The zero-order valence-corrected chi connectivity index (χ0v) is 20.6. The van der Waals surface area contributed by atoms with Gasteiger partial charge >= 0.3 is 6.09 Å². The number of hydrogen-bond acceptors (Lipinski definition) is 6. The molecule has 2 saturated heterocycles. The molecule has 3 heterocycles. The van der Waals surface area contributed by atoms with Gasteiger partial charge in [-0.3, -0.25) is 4.79 Å². The van der Waals surface area contributed by atoms with E-state index in [1.807, 2.05) is 72.5 Å². The van der Waals surface area contributed by atoms with Crippen molar-refractivity contribution < 1.29 is 19.1 Å². The molecule has 0 aliphatic carbocycles. The molecule has 1 atom stereocenters. The number of nitrogens with zero attached hydrogens (tertiary/aromatic N) is 3. The molecule has 2 amide bonds. The normalized spacial score (nSPS) is 18.5. The van der Waals surface area contributed by atoms with Gasteiger partial charge in [0.2, 0.25) is 5.91 Å². The summed E-state index contributed by atoms with van der Waals surface area (Å²) in [5.41, 5.74) is 1.93. The van der Waals surface area contributed by atoms with Crippen molar-refractivity contribution in [3.05, 3.63) is 71.2 Å². The Balaban J connectivity index is 1.11. The Kier molecular flexibility index (Phi) is 6.99. The van der Waals surface area contributed by atoms with Gasteiger partial charge in [-0.15, -0.1) is 11.3 Å². The Morgan fingerprint density at radius 2 is 1.77 bits per heavy atom. The summed E-state index contributed by atoms with van der Waals surface area (Å²) in [5.74, 6) is 0.856. The Morgan fingerprint density at radius 1 is 1.09 bits per heavy atom. The van der Waals surface area contributed by atoms with E-state index in [-0.39, 0.29) is 24.1 Å². The van der Waals surface area contributed by atoms with E-state index in [0.29, 0.717) is 32.7 Å². The van der Waals surface area contributed by atoms with Gasteiger partial charge < -0.3 is 19.3 Å². The van der Waals surface area contributed by atoms with Gasteiger partial charge in [-0.05, 0) is 31.9 Å². The number of amides is 2. The number of benzene rings is 2. The van der Waals surface area contributed by atoms with E-state index in [1.165, 1.54) is 0 Å². The summed E-state index contributed by atoms with van der Waals surface area (Å²) in [5, 5.41) is 0.947. The highest BCUT2D eigenvalue weighted by molar-refractivity contribution is 7.15. The van der Waals surface area contributed by atoms with E-state index in [0.717, 1.165) is 39.7 Å². The number of thiazole rings is 1. The van der Waals surface area contributed by atoms with Gasteiger partial charge in [0.25, 0.3) is 0 Å². The van der Waals surface area contributed by atoms with Crippen LogP contribution in [0.3, 0.4) is 0 Å².